The van der Waals surface area contributed by atoms with E-state index in [-0.39, 0.29) is 39.2 Å². The van der Waals surface area contributed by atoms with Crippen molar-refractivity contribution in [3.63, 3.8) is 0 Å². The van der Waals surface area contributed by atoms with Crippen LogP contribution in [0.4, 0.5) is 34.1 Å². The van der Waals surface area contributed by atoms with Crippen molar-refractivity contribution < 1.29 is 8.83 Å². The van der Waals surface area contributed by atoms with Crippen LogP contribution in [0.15, 0.2) is 264 Å². The molecule has 0 atom stereocenters. The summed E-state index contributed by atoms with van der Waals surface area (Å²) in [4.78, 5) is 5.34. The third-order valence-corrected chi connectivity index (χ3v) is 23.5. The van der Waals surface area contributed by atoms with Gasteiger partial charge in [0.2, 0.25) is 0 Å². The Morgan fingerprint density at radius 2 is 0.602 bits per heavy atom. The summed E-state index contributed by atoms with van der Waals surface area (Å²) >= 11 is 0. The van der Waals surface area contributed by atoms with Gasteiger partial charge in [-0.15, -0.1) is 0 Å². The Morgan fingerprint density at radius 1 is 0.250 bits per heavy atom. The number of furan rings is 2. The number of hydrogen-bond donors (Lipinski definition) is 0. The Hall–Kier alpha value is -11.1. The van der Waals surface area contributed by atoms with Gasteiger partial charge in [0.15, 0.2) is 0 Å². The monoisotopic (exact) mass is 1410 g/mol. The third kappa shape index (κ3) is 11.2. The lowest BCUT2D eigenvalue weighted by Gasteiger charge is -2.45. The molecule has 18 rings (SSSR count). The molecule has 0 bridgehead atoms. The topological polar surface area (TPSA) is 37.7 Å². The summed E-state index contributed by atoms with van der Waals surface area (Å²) < 4.78 is 16.1. The van der Waals surface area contributed by atoms with E-state index >= 15 is 0 Å². The smallest absolute Gasteiger partial charge is 0.252 e. The van der Waals surface area contributed by atoms with E-state index in [0.29, 0.717) is 0 Å². The summed E-state index contributed by atoms with van der Waals surface area (Å²) in [5, 5.41) is 6.92. The van der Waals surface area contributed by atoms with Crippen molar-refractivity contribution in [2.24, 2.45) is 0 Å². The zero-order valence-electron chi connectivity index (χ0n) is 66.0. The molecule has 0 unspecified atom stereocenters. The zero-order valence-corrected chi connectivity index (χ0v) is 66.0. The highest BCUT2D eigenvalue weighted by Gasteiger charge is 2.46. The lowest BCUT2D eigenvalue weighted by Crippen LogP contribution is -2.61. The summed E-state index contributed by atoms with van der Waals surface area (Å²) in [6.07, 6.45) is 0. The van der Waals surface area contributed by atoms with Crippen LogP contribution in [-0.4, -0.2) is 11.3 Å². The molecular weight excluding hydrogens is 1310 g/mol. The number of rotatable bonds is 7. The summed E-state index contributed by atoms with van der Waals surface area (Å²) in [6, 6.07) is 98.0. The Morgan fingerprint density at radius 3 is 0.991 bits per heavy atom. The summed E-state index contributed by atoms with van der Waals surface area (Å²) in [6.45, 7) is 42.0. The van der Waals surface area contributed by atoms with Crippen molar-refractivity contribution in [1.82, 2.24) is 4.57 Å². The van der Waals surface area contributed by atoms with Crippen LogP contribution in [0.3, 0.4) is 0 Å². The first-order chi connectivity index (χ1) is 51.3. The van der Waals surface area contributed by atoms with E-state index in [1.54, 1.807) is 0 Å². The number of fused-ring (bicyclic) bond motifs is 13. The van der Waals surface area contributed by atoms with E-state index in [1.165, 1.54) is 71.7 Å². The molecule has 0 spiro atoms. The normalized spacial score (nSPS) is 13.6. The molecule has 16 aromatic rings. The Kier molecular flexibility index (Phi) is 15.4. The molecule has 0 N–H and O–H groups in total. The zero-order chi connectivity index (χ0) is 75.2. The van der Waals surface area contributed by atoms with Gasteiger partial charge in [0.05, 0.1) is 28.1 Å². The van der Waals surface area contributed by atoms with Crippen molar-refractivity contribution in [2.75, 3.05) is 9.80 Å². The summed E-state index contributed by atoms with van der Waals surface area (Å²) in [5.41, 5.74) is 33.6. The Balaban J connectivity index is 1.02. The molecule has 534 valence electrons. The van der Waals surface area contributed by atoms with Crippen LogP contribution in [-0.2, 0) is 32.5 Å². The number of hydrogen-bond acceptors (Lipinski definition) is 4. The van der Waals surface area contributed by atoms with Gasteiger partial charge in [-0.25, -0.2) is 0 Å². The maximum absolute atomic E-state index is 6.74. The lowest BCUT2D eigenvalue weighted by atomic mass is 9.33. The van der Waals surface area contributed by atoms with Crippen molar-refractivity contribution in [3.05, 3.63) is 288 Å². The van der Waals surface area contributed by atoms with Crippen LogP contribution in [0, 0.1) is 0 Å². The van der Waals surface area contributed by atoms with E-state index in [9.17, 15) is 0 Å². The highest BCUT2D eigenvalue weighted by molar-refractivity contribution is 7.00. The molecule has 2 aliphatic rings. The average molecular weight is 1410 g/mol. The summed E-state index contributed by atoms with van der Waals surface area (Å²) in [7, 11) is 0. The first-order valence-corrected chi connectivity index (χ1v) is 38.8. The number of anilines is 6. The van der Waals surface area contributed by atoms with Crippen LogP contribution in [0.2, 0.25) is 0 Å². The maximum Gasteiger partial charge on any atom is 0.252 e. The van der Waals surface area contributed by atoms with E-state index < -0.39 is 0 Å². The minimum atomic E-state index is -0.309. The molecule has 0 amide bonds. The fourth-order valence-corrected chi connectivity index (χ4v) is 17.4. The minimum Gasteiger partial charge on any atom is -0.456 e. The molecular formula is C102H96BN3O2. The van der Waals surface area contributed by atoms with Gasteiger partial charge in [-0.3, -0.25) is 0 Å². The van der Waals surface area contributed by atoms with Gasteiger partial charge in [-0.05, 0) is 201 Å². The van der Waals surface area contributed by atoms with Crippen molar-refractivity contribution in [2.45, 2.75) is 157 Å². The van der Waals surface area contributed by atoms with Crippen molar-refractivity contribution in [3.8, 4) is 50.2 Å². The highest BCUT2D eigenvalue weighted by atomic mass is 16.3. The average Bonchev–Trinajstić information content (AvgIpc) is 0.852. The van der Waals surface area contributed by atoms with E-state index in [0.717, 1.165) is 128 Å². The van der Waals surface area contributed by atoms with E-state index in [1.807, 2.05) is 0 Å². The molecule has 108 heavy (non-hydrogen) atoms. The Bertz CT molecular complexity index is 5960. The SMILES string of the molecule is CC(C)(C)c1cc(-c2ccccc2N2c3ccc(-c4cccc5oc6ccccc6c45)cc3B3c4cc(-c5cccc6oc7ccccc7c56)ccc4N(c4ccccc4-c4cc(C(C)(C)C)cc(C(C)(C)C)c4)c4cc(-n5c6ccc(C(C)(C)C)cc6c6cc(C(C)(C)C)ccc65)cc2c43)cc(C(C)(C)C)c1. The number of aromatic nitrogens is 1. The summed E-state index contributed by atoms with van der Waals surface area (Å²) in [5.74, 6) is 0. The fraction of sp³-hybridized carbons (Fsp3) is 0.235. The van der Waals surface area contributed by atoms with Gasteiger partial charge in [0.25, 0.3) is 6.71 Å². The second-order valence-corrected chi connectivity index (χ2v) is 37.0. The molecule has 5 heterocycles. The van der Waals surface area contributed by atoms with Crippen LogP contribution < -0.4 is 26.2 Å². The van der Waals surface area contributed by atoms with Gasteiger partial charge in [-0.2, -0.15) is 0 Å². The molecule has 0 saturated heterocycles. The second kappa shape index (κ2) is 24.2. The van der Waals surface area contributed by atoms with E-state index in [2.05, 4.69) is 394 Å². The van der Waals surface area contributed by atoms with Crippen LogP contribution in [0.5, 0.6) is 0 Å². The Labute approximate surface area is 637 Å². The first kappa shape index (κ1) is 68.7. The molecule has 0 radical (unpaired) electrons. The number of benzene rings is 13. The highest BCUT2D eigenvalue weighted by Crippen LogP contribution is 2.53. The molecule has 0 aliphatic carbocycles. The van der Waals surface area contributed by atoms with E-state index in [4.69, 9.17) is 8.83 Å². The molecule has 0 saturated carbocycles. The second-order valence-electron chi connectivity index (χ2n) is 37.0. The van der Waals surface area contributed by atoms with Crippen LogP contribution >= 0.6 is 0 Å². The third-order valence-electron chi connectivity index (χ3n) is 23.5. The fourth-order valence-electron chi connectivity index (χ4n) is 17.4. The minimum absolute atomic E-state index is 0.0880. The van der Waals surface area contributed by atoms with Crippen LogP contribution in [0.25, 0.3) is 116 Å². The molecule has 0 fully saturated rings. The van der Waals surface area contributed by atoms with Crippen molar-refractivity contribution >= 4 is 123 Å². The predicted molar refractivity (Wildman–Crippen MR) is 463 cm³/mol. The van der Waals surface area contributed by atoms with Crippen LogP contribution in [0.1, 0.15) is 158 Å². The largest absolute Gasteiger partial charge is 0.456 e. The number of nitrogens with zero attached hydrogens (tertiary/aromatic N) is 3. The molecule has 13 aromatic carbocycles. The first-order valence-electron chi connectivity index (χ1n) is 38.8. The van der Waals surface area contributed by atoms with Gasteiger partial charge in [0, 0.05) is 66.2 Å². The number of para-hydroxylation sites is 4. The van der Waals surface area contributed by atoms with Gasteiger partial charge in [0.1, 0.15) is 22.3 Å². The van der Waals surface area contributed by atoms with Gasteiger partial charge in [-0.1, -0.05) is 294 Å². The molecule has 6 heteroatoms. The quantitative estimate of drug-likeness (QED) is 0.149. The molecule has 5 nitrogen and oxygen atoms in total. The van der Waals surface area contributed by atoms with Gasteiger partial charge < -0.3 is 23.2 Å². The molecule has 3 aromatic heterocycles. The standard InChI is InChI=1S/C102H96BN3O2/c1-97(2,3)65-43-47-84-78(57-65)79-58-66(98(4,5)6)44-48-85(79)104(84)71-59-88-96-89(60-71)106(83-36-24-20-30-73(83)64-51-69(101(13,14)15)56-70(52-64)102(16,17)18)87-46-42-62(75-34-28-40-93-95(75)77-32-22-26-38-91(77)108-93)54-81(87)103(96)80-53-61(74-33-27-39-92-94(74)76-31-21-25-37-90(76)107-92)41-45-86(80)105(88)82-35-23-19-29-72(82)63-49-67(99(7,8)9)55-68(50-63)100(10,11)12/h19-60H,1-18H3. The van der Waals surface area contributed by atoms with Gasteiger partial charge >= 0.3 is 0 Å². The van der Waals surface area contributed by atoms with Crippen molar-refractivity contribution in [1.29, 1.82) is 0 Å². The lowest BCUT2D eigenvalue weighted by molar-refractivity contribution is 0.568. The maximum atomic E-state index is 6.74. The predicted octanol–water partition coefficient (Wildman–Crippen LogP) is 27.1. The molecule has 2 aliphatic heterocycles.